The first-order valence-corrected chi connectivity index (χ1v) is 13.2. The number of nitriles is 2. The molecule has 0 unspecified atom stereocenters. The van der Waals surface area contributed by atoms with Crippen LogP contribution in [-0.4, -0.2) is 26.5 Å². The van der Waals surface area contributed by atoms with Crippen molar-refractivity contribution < 1.29 is 50.4 Å². The smallest absolute Gasteiger partial charge is 0.437 e. The van der Waals surface area contributed by atoms with Crippen LogP contribution in [0.3, 0.4) is 0 Å². The second-order valence-corrected chi connectivity index (χ2v) is 11.3. The van der Waals surface area contributed by atoms with Gasteiger partial charge in [0.05, 0.1) is 38.5 Å². The molecule has 0 spiro atoms. The molecule has 0 aliphatic carbocycles. The van der Waals surface area contributed by atoms with Crippen molar-refractivity contribution in [3.05, 3.63) is 74.5 Å². The maximum Gasteiger partial charge on any atom is 0.437 e. The molecule has 0 amide bonds. The predicted octanol–water partition coefficient (Wildman–Crippen LogP) is 8.57. The highest BCUT2D eigenvalue weighted by molar-refractivity contribution is 9.10. The molecule has 0 radical (unpaired) electrons. The summed E-state index contributed by atoms with van der Waals surface area (Å²) in [6.45, 7) is 5.22. The topological polar surface area (TPSA) is 157 Å². The van der Waals surface area contributed by atoms with Crippen LogP contribution in [0.4, 0.5) is 26.3 Å². The third-order valence-corrected chi connectivity index (χ3v) is 6.94. The van der Waals surface area contributed by atoms with Crippen molar-refractivity contribution in [2.45, 2.75) is 38.5 Å². The number of phenols is 1. The van der Waals surface area contributed by atoms with Crippen LogP contribution in [0.5, 0.6) is 5.75 Å². The fourth-order valence-corrected chi connectivity index (χ4v) is 5.05. The predicted molar refractivity (Wildman–Crippen MR) is 148 cm³/mol. The number of rotatable bonds is 2. The zero-order valence-electron chi connectivity index (χ0n) is 23.0. The van der Waals surface area contributed by atoms with E-state index in [1.54, 1.807) is 26.8 Å². The fourth-order valence-electron chi connectivity index (χ4n) is 4.55. The van der Waals surface area contributed by atoms with Gasteiger partial charge >= 0.3 is 18.3 Å². The van der Waals surface area contributed by atoms with E-state index in [1.807, 2.05) is 6.07 Å². The number of carboxylic acid groups (broad SMARTS) is 1. The molecule has 0 aliphatic rings. The SMILES string of the molecule is CC(C)(C)c1c(C#N)cc(Br)c2onc(C(F)(F)F)c12.N#Cc1cc(-c2ccc(C(=O)O)c(O)c2)c2onc(C(F)(F)F)c2c1. The second-order valence-electron chi connectivity index (χ2n) is 10.5. The van der Waals surface area contributed by atoms with Crippen molar-refractivity contribution in [3.63, 3.8) is 0 Å². The van der Waals surface area contributed by atoms with E-state index in [0.717, 1.165) is 18.2 Å². The number of fused-ring (bicyclic) bond motifs is 2. The van der Waals surface area contributed by atoms with E-state index in [9.17, 15) is 41.5 Å². The highest BCUT2D eigenvalue weighted by Crippen LogP contribution is 2.44. The first kappa shape index (κ1) is 32.8. The molecule has 16 heteroatoms. The largest absolute Gasteiger partial charge is 0.507 e. The van der Waals surface area contributed by atoms with Gasteiger partial charge in [0.15, 0.2) is 22.6 Å². The van der Waals surface area contributed by atoms with Crippen molar-refractivity contribution >= 4 is 43.8 Å². The van der Waals surface area contributed by atoms with Crippen molar-refractivity contribution in [1.82, 2.24) is 10.3 Å². The van der Waals surface area contributed by atoms with Crippen LogP contribution in [-0.2, 0) is 17.8 Å². The summed E-state index contributed by atoms with van der Waals surface area (Å²) in [6.07, 6.45) is -9.41. The van der Waals surface area contributed by atoms with E-state index in [4.69, 9.17) is 19.4 Å². The quantitative estimate of drug-likeness (QED) is 0.173. The summed E-state index contributed by atoms with van der Waals surface area (Å²) in [5, 5.41) is 42.6. The third kappa shape index (κ3) is 6.28. The summed E-state index contributed by atoms with van der Waals surface area (Å²) in [6, 6.07) is 10.9. The molecule has 0 aliphatic heterocycles. The van der Waals surface area contributed by atoms with Gasteiger partial charge in [-0.3, -0.25) is 0 Å². The Hall–Kier alpha value is -5.09. The second kappa shape index (κ2) is 11.4. The van der Waals surface area contributed by atoms with Crippen LogP contribution < -0.4 is 0 Å². The van der Waals surface area contributed by atoms with Crippen LogP contribution in [0.15, 0.2) is 49.9 Å². The molecule has 5 aromatic rings. The van der Waals surface area contributed by atoms with Gasteiger partial charge in [0.25, 0.3) is 0 Å². The molecule has 5 rings (SSSR count). The molecule has 2 heterocycles. The first-order chi connectivity index (χ1) is 20.8. The Morgan fingerprint density at radius 1 is 0.889 bits per heavy atom. The molecule has 3 aromatic carbocycles. The number of aromatic carboxylic acids is 1. The van der Waals surface area contributed by atoms with Crippen molar-refractivity contribution in [1.29, 1.82) is 10.5 Å². The summed E-state index contributed by atoms with van der Waals surface area (Å²) in [4.78, 5) is 10.9. The van der Waals surface area contributed by atoms with E-state index in [-0.39, 0.29) is 54.4 Å². The highest BCUT2D eigenvalue weighted by atomic mass is 79.9. The normalized spacial score (nSPS) is 12.0. The minimum atomic E-state index is -4.77. The highest BCUT2D eigenvalue weighted by Gasteiger charge is 2.41. The zero-order chi connectivity index (χ0) is 33.6. The number of alkyl halides is 6. The summed E-state index contributed by atoms with van der Waals surface area (Å²) >= 11 is 3.12. The van der Waals surface area contributed by atoms with Crippen molar-refractivity contribution in [2.75, 3.05) is 0 Å². The Labute approximate surface area is 257 Å². The molecule has 2 N–H and O–H groups in total. The standard InChI is InChI=1S/C16H7F3N2O4.C13H10BrF3N2O/c17-16(18,19)14-11-4-7(6-20)3-10(13(11)25-21-14)8-1-2-9(15(23)24)12(22)5-8;1-12(2,3)9-6(5-18)4-7(14)10-8(9)11(19-20-10)13(15,16)17/h1-5,22H,(H,23,24);4H,1-3H3. The van der Waals surface area contributed by atoms with E-state index in [2.05, 4.69) is 26.2 Å². The molecule has 0 bridgehead atoms. The summed E-state index contributed by atoms with van der Waals surface area (Å²) in [5.41, 5.74) is -2.99. The molecule has 0 fully saturated rings. The van der Waals surface area contributed by atoms with Gasteiger partial charge in [0.2, 0.25) is 0 Å². The fraction of sp³-hybridized carbons (Fsp3) is 0.207. The first-order valence-electron chi connectivity index (χ1n) is 12.4. The average molecular weight is 695 g/mol. The minimum absolute atomic E-state index is 0.00116. The molecule has 0 saturated carbocycles. The van der Waals surface area contributed by atoms with Crippen molar-refractivity contribution in [2.24, 2.45) is 0 Å². The van der Waals surface area contributed by atoms with E-state index in [1.165, 1.54) is 18.2 Å². The van der Waals surface area contributed by atoms with Crippen LogP contribution in [0.2, 0.25) is 0 Å². The molecule has 2 aromatic heterocycles. The Kier molecular flexibility index (Phi) is 8.34. The average Bonchev–Trinajstić information content (AvgIpc) is 3.57. The number of hydrogen-bond acceptors (Lipinski definition) is 8. The van der Waals surface area contributed by atoms with Gasteiger partial charge in [-0.1, -0.05) is 37.2 Å². The lowest BCUT2D eigenvalue weighted by Gasteiger charge is -2.22. The molecule has 0 saturated heterocycles. The maximum atomic E-state index is 13.1. The van der Waals surface area contributed by atoms with Gasteiger partial charge in [-0.2, -0.15) is 36.9 Å². The monoisotopic (exact) mass is 694 g/mol. The van der Waals surface area contributed by atoms with E-state index < -0.39 is 46.3 Å². The van der Waals surface area contributed by atoms with Crippen LogP contribution in [0.25, 0.3) is 33.1 Å². The Balaban J connectivity index is 0.000000210. The van der Waals surface area contributed by atoms with Crippen LogP contribution >= 0.6 is 15.9 Å². The number of halogens is 7. The number of aromatic hydroxyl groups is 1. The zero-order valence-corrected chi connectivity index (χ0v) is 24.6. The Morgan fingerprint density at radius 2 is 1.49 bits per heavy atom. The van der Waals surface area contributed by atoms with Crippen LogP contribution in [0.1, 0.15) is 59.2 Å². The number of nitrogens with zero attached hydrogens (tertiary/aromatic N) is 4. The third-order valence-electron chi connectivity index (χ3n) is 6.35. The molecule has 0 atom stereocenters. The van der Waals surface area contributed by atoms with Gasteiger partial charge in [-0.25, -0.2) is 4.79 Å². The molecule has 232 valence electrons. The maximum absolute atomic E-state index is 13.1. The lowest BCUT2D eigenvalue weighted by Crippen LogP contribution is -2.16. The minimum Gasteiger partial charge on any atom is -0.507 e. The van der Waals surface area contributed by atoms with Crippen LogP contribution in [0, 0.1) is 22.7 Å². The summed E-state index contributed by atoms with van der Waals surface area (Å²) in [7, 11) is 0. The number of hydrogen-bond donors (Lipinski definition) is 2. The number of carbonyl (C=O) groups is 1. The Morgan fingerprint density at radius 3 is 2.00 bits per heavy atom. The summed E-state index contributed by atoms with van der Waals surface area (Å²) < 4.78 is 88.1. The molecular formula is C29H17BrF6N4O5. The molecule has 45 heavy (non-hydrogen) atoms. The van der Waals surface area contributed by atoms with E-state index in [0.29, 0.717) is 0 Å². The van der Waals surface area contributed by atoms with Gasteiger partial charge in [0.1, 0.15) is 11.3 Å². The lowest BCUT2D eigenvalue weighted by molar-refractivity contribution is -0.142. The van der Waals surface area contributed by atoms with Crippen molar-refractivity contribution in [3.8, 4) is 29.0 Å². The summed E-state index contributed by atoms with van der Waals surface area (Å²) in [5.74, 6) is -1.94. The number of carboxylic acids is 1. The van der Waals surface area contributed by atoms with Gasteiger partial charge in [0, 0.05) is 5.56 Å². The van der Waals surface area contributed by atoms with Gasteiger partial charge in [-0.05, 0) is 62.8 Å². The number of benzene rings is 3. The molecule has 9 nitrogen and oxygen atoms in total. The van der Waals surface area contributed by atoms with Gasteiger partial charge < -0.3 is 19.3 Å². The Bertz CT molecular complexity index is 2060. The lowest BCUT2D eigenvalue weighted by atomic mass is 9.81. The number of aromatic nitrogens is 2. The van der Waals surface area contributed by atoms with E-state index >= 15 is 0 Å². The van der Waals surface area contributed by atoms with Gasteiger partial charge in [-0.15, -0.1) is 0 Å². The molecular weight excluding hydrogens is 678 g/mol.